The first-order valence-corrected chi connectivity index (χ1v) is 6.21. The molecule has 1 rings (SSSR count). The minimum absolute atomic E-state index is 0.192. The van der Waals surface area contributed by atoms with Crippen LogP contribution in [0.3, 0.4) is 0 Å². The second-order valence-electron chi connectivity index (χ2n) is 2.79. The summed E-state index contributed by atoms with van der Waals surface area (Å²) in [7, 11) is -2.34. The van der Waals surface area contributed by atoms with Crippen molar-refractivity contribution in [3.63, 3.8) is 0 Å². The van der Waals surface area contributed by atoms with E-state index in [2.05, 4.69) is 25.1 Å². The molecule has 6 heteroatoms. The van der Waals surface area contributed by atoms with Gasteiger partial charge in [-0.25, -0.2) is 0 Å². The molecule has 0 radical (unpaired) electrons. The second kappa shape index (κ2) is 4.37. The Morgan fingerprint density at radius 2 is 2.21 bits per heavy atom. The zero-order valence-corrected chi connectivity index (χ0v) is 10.2. The van der Waals surface area contributed by atoms with E-state index in [0.717, 1.165) is 17.1 Å². The maximum absolute atomic E-state index is 11.1. The SMILES string of the molecule is COS(=O)(=O)Cc1ncc(Br)cc1C. The van der Waals surface area contributed by atoms with Crippen LogP contribution in [-0.2, 0) is 20.1 Å². The van der Waals surface area contributed by atoms with Crippen LogP contribution in [0.15, 0.2) is 16.7 Å². The molecule has 1 heterocycles. The van der Waals surface area contributed by atoms with Crippen LogP contribution in [0.5, 0.6) is 0 Å². The van der Waals surface area contributed by atoms with Crippen molar-refractivity contribution in [2.45, 2.75) is 12.7 Å². The van der Waals surface area contributed by atoms with Crippen molar-refractivity contribution >= 4 is 26.0 Å². The molecule has 0 aliphatic carbocycles. The van der Waals surface area contributed by atoms with E-state index in [1.807, 2.05) is 6.07 Å². The minimum Gasteiger partial charge on any atom is -0.273 e. The first-order chi connectivity index (χ1) is 6.44. The Labute approximate surface area is 91.6 Å². The smallest absolute Gasteiger partial charge is 0.272 e. The summed E-state index contributed by atoms with van der Waals surface area (Å²) >= 11 is 3.25. The van der Waals surface area contributed by atoms with Crippen LogP contribution in [0.25, 0.3) is 0 Å². The highest BCUT2D eigenvalue weighted by Crippen LogP contribution is 2.15. The molecule has 0 atom stereocenters. The highest BCUT2D eigenvalue weighted by Gasteiger charge is 2.13. The van der Waals surface area contributed by atoms with Gasteiger partial charge in [-0.1, -0.05) is 0 Å². The van der Waals surface area contributed by atoms with Crippen molar-refractivity contribution in [2.75, 3.05) is 7.11 Å². The van der Waals surface area contributed by atoms with Crippen molar-refractivity contribution in [2.24, 2.45) is 0 Å². The molecular formula is C8H10BrNO3S. The van der Waals surface area contributed by atoms with Gasteiger partial charge in [-0.3, -0.25) is 9.17 Å². The number of aromatic nitrogens is 1. The predicted octanol–water partition coefficient (Wildman–Crippen LogP) is 1.63. The van der Waals surface area contributed by atoms with Crippen molar-refractivity contribution < 1.29 is 12.6 Å². The first-order valence-electron chi connectivity index (χ1n) is 3.84. The zero-order valence-electron chi connectivity index (χ0n) is 7.82. The average molecular weight is 280 g/mol. The van der Waals surface area contributed by atoms with E-state index in [1.54, 1.807) is 13.1 Å². The third-order valence-electron chi connectivity index (χ3n) is 1.72. The van der Waals surface area contributed by atoms with Crippen LogP contribution < -0.4 is 0 Å². The number of pyridine rings is 1. The van der Waals surface area contributed by atoms with Crippen LogP contribution in [-0.4, -0.2) is 20.5 Å². The molecule has 0 bridgehead atoms. The normalized spacial score (nSPS) is 11.6. The summed E-state index contributed by atoms with van der Waals surface area (Å²) in [6, 6.07) is 1.81. The van der Waals surface area contributed by atoms with Gasteiger partial charge in [-0.05, 0) is 34.5 Å². The third kappa shape index (κ3) is 3.04. The molecule has 0 fully saturated rings. The van der Waals surface area contributed by atoms with Crippen LogP contribution in [0, 0.1) is 6.92 Å². The van der Waals surface area contributed by atoms with Crippen LogP contribution in [0.4, 0.5) is 0 Å². The third-order valence-corrected chi connectivity index (χ3v) is 3.29. The van der Waals surface area contributed by atoms with Gasteiger partial charge in [0.25, 0.3) is 10.1 Å². The summed E-state index contributed by atoms with van der Waals surface area (Å²) in [4.78, 5) is 4.00. The Morgan fingerprint density at radius 3 is 2.71 bits per heavy atom. The highest BCUT2D eigenvalue weighted by molar-refractivity contribution is 9.10. The number of aryl methyl sites for hydroxylation is 1. The second-order valence-corrected chi connectivity index (χ2v) is 5.44. The van der Waals surface area contributed by atoms with Gasteiger partial charge < -0.3 is 0 Å². The molecule has 1 aromatic rings. The molecule has 0 saturated carbocycles. The van der Waals surface area contributed by atoms with Gasteiger partial charge in [-0.2, -0.15) is 8.42 Å². The summed E-state index contributed by atoms with van der Waals surface area (Å²) in [5.41, 5.74) is 1.33. The van der Waals surface area contributed by atoms with Gasteiger partial charge in [0.05, 0.1) is 12.8 Å². The van der Waals surface area contributed by atoms with E-state index in [0.29, 0.717) is 5.69 Å². The molecule has 0 aromatic carbocycles. The molecule has 0 N–H and O–H groups in total. The van der Waals surface area contributed by atoms with Crippen LogP contribution >= 0.6 is 15.9 Å². The number of hydrogen-bond acceptors (Lipinski definition) is 4. The standard InChI is InChI=1S/C8H10BrNO3S/c1-6-3-7(9)4-10-8(6)5-14(11,12)13-2/h3-4H,5H2,1-2H3. The summed E-state index contributed by atoms with van der Waals surface area (Å²) in [5.74, 6) is -0.192. The van der Waals surface area contributed by atoms with Gasteiger partial charge in [0.2, 0.25) is 0 Å². The summed E-state index contributed by atoms with van der Waals surface area (Å²) in [6.45, 7) is 1.80. The summed E-state index contributed by atoms with van der Waals surface area (Å²) in [5, 5.41) is 0. The van der Waals surface area contributed by atoms with Crippen molar-refractivity contribution in [1.29, 1.82) is 0 Å². The highest BCUT2D eigenvalue weighted by atomic mass is 79.9. The number of halogens is 1. The summed E-state index contributed by atoms with van der Waals surface area (Å²) in [6.07, 6.45) is 1.56. The predicted molar refractivity (Wildman–Crippen MR) is 56.3 cm³/mol. The monoisotopic (exact) mass is 279 g/mol. The Kier molecular flexibility index (Phi) is 3.63. The van der Waals surface area contributed by atoms with E-state index in [1.165, 1.54) is 0 Å². The Balaban J connectivity index is 2.99. The molecule has 0 amide bonds. The van der Waals surface area contributed by atoms with Crippen LogP contribution in [0.1, 0.15) is 11.3 Å². The van der Waals surface area contributed by atoms with Gasteiger partial charge in [0.1, 0.15) is 5.75 Å². The van der Waals surface area contributed by atoms with E-state index in [4.69, 9.17) is 0 Å². The van der Waals surface area contributed by atoms with Gasteiger partial charge in [-0.15, -0.1) is 0 Å². The van der Waals surface area contributed by atoms with E-state index in [9.17, 15) is 8.42 Å². The number of rotatable bonds is 3. The molecule has 0 aliphatic heterocycles. The maximum atomic E-state index is 11.1. The van der Waals surface area contributed by atoms with Gasteiger partial charge in [0.15, 0.2) is 0 Å². The lowest BCUT2D eigenvalue weighted by Crippen LogP contribution is -2.08. The fourth-order valence-electron chi connectivity index (χ4n) is 0.946. The molecule has 78 valence electrons. The topological polar surface area (TPSA) is 56.3 Å². The fourth-order valence-corrected chi connectivity index (χ4v) is 2.15. The fraction of sp³-hybridized carbons (Fsp3) is 0.375. The Morgan fingerprint density at radius 1 is 1.57 bits per heavy atom. The molecule has 0 spiro atoms. The zero-order chi connectivity index (χ0) is 10.8. The number of nitrogens with zero attached hydrogens (tertiary/aromatic N) is 1. The molecule has 4 nitrogen and oxygen atoms in total. The van der Waals surface area contributed by atoms with Crippen molar-refractivity contribution in [3.8, 4) is 0 Å². The maximum Gasteiger partial charge on any atom is 0.272 e. The molecule has 0 saturated heterocycles. The quantitative estimate of drug-likeness (QED) is 0.790. The number of hydrogen-bond donors (Lipinski definition) is 0. The lowest BCUT2D eigenvalue weighted by atomic mass is 10.2. The molecule has 0 aliphatic rings. The van der Waals surface area contributed by atoms with Crippen LogP contribution in [0.2, 0.25) is 0 Å². The summed E-state index contributed by atoms with van der Waals surface area (Å²) < 4.78 is 27.4. The minimum atomic E-state index is -3.49. The average Bonchev–Trinajstić information content (AvgIpc) is 2.10. The van der Waals surface area contributed by atoms with Gasteiger partial charge >= 0.3 is 0 Å². The molecule has 14 heavy (non-hydrogen) atoms. The van der Waals surface area contributed by atoms with E-state index in [-0.39, 0.29) is 5.75 Å². The van der Waals surface area contributed by atoms with E-state index >= 15 is 0 Å². The lowest BCUT2D eigenvalue weighted by Gasteiger charge is -2.04. The first kappa shape index (κ1) is 11.6. The molecular weight excluding hydrogens is 270 g/mol. The van der Waals surface area contributed by atoms with Crippen molar-refractivity contribution in [3.05, 3.63) is 28.0 Å². The Bertz CT molecular complexity index is 430. The Hall–Kier alpha value is -0.460. The van der Waals surface area contributed by atoms with E-state index < -0.39 is 10.1 Å². The molecule has 0 unspecified atom stereocenters. The lowest BCUT2D eigenvalue weighted by molar-refractivity contribution is 0.396. The largest absolute Gasteiger partial charge is 0.273 e. The van der Waals surface area contributed by atoms with Crippen molar-refractivity contribution in [1.82, 2.24) is 4.98 Å². The van der Waals surface area contributed by atoms with Gasteiger partial charge in [0, 0.05) is 10.7 Å². The molecule has 1 aromatic heterocycles.